The first-order valence-electron chi connectivity index (χ1n) is 13.3. The van der Waals surface area contributed by atoms with Crippen LogP contribution in [0, 0.1) is 29.6 Å². The molecule has 2 aliphatic carbocycles. The number of esters is 1. The van der Waals surface area contributed by atoms with Crippen LogP contribution in [0.1, 0.15) is 29.7 Å². The monoisotopic (exact) mass is 640 g/mol. The number of hydrogen-bond donors (Lipinski definition) is 1. The Hall–Kier alpha value is -2.89. The Bertz CT molecular complexity index is 1590. The highest BCUT2D eigenvalue weighted by Crippen LogP contribution is 2.69. The van der Waals surface area contributed by atoms with Crippen molar-refractivity contribution in [1.82, 2.24) is 4.98 Å². The zero-order chi connectivity index (χ0) is 27.7. The number of thioether (sulfide) groups is 1. The number of para-hydroxylation sites is 1. The lowest BCUT2D eigenvalue weighted by Gasteiger charge is -2.43. The van der Waals surface area contributed by atoms with Crippen LogP contribution in [0.25, 0.3) is 0 Å². The van der Waals surface area contributed by atoms with Gasteiger partial charge in [-0.2, -0.15) is 0 Å². The predicted molar refractivity (Wildman–Crippen MR) is 154 cm³/mol. The Balaban J connectivity index is 1.28. The number of thiazole rings is 1. The second-order valence-electron chi connectivity index (χ2n) is 10.6. The van der Waals surface area contributed by atoms with E-state index in [9.17, 15) is 19.2 Å². The van der Waals surface area contributed by atoms with Gasteiger partial charge in [0.25, 0.3) is 0 Å². The average Bonchev–Trinajstić information content (AvgIpc) is 3.67. The maximum absolute atomic E-state index is 13.9. The summed E-state index contributed by atoms with van der Waals surface area (Å²) in [6, 6.07) is 14.9. The Morgan fingerprint density at radius 1 is 1.05 bits per heavy atom. The normalized spacial score (nSPS) is 29.8. The Labute approximate surface area is 246 Å². The van der Waals surface area contributed by atoms with Crippen LogP contribution in [0.2, 0.25) is 0 Å². The summed E-state index contributed by atoms with van der Waals surface area (Å²) >= 11 is 6.26. The summed E-state index contributed by atoms with van der Waals surface area (Å²) in [7, 11) is 0. The van der Waals surface area contributed by atoms with Crippen molar-refractivity contribution in [2.45, 2.75) is 29.5 Å². The number of benzene rings is 2. The number of carbonyl (C=O) groups is 3. The molecule has 0 spiro atoms. The second kappa shape index (κ2) is 9.88. The van der Waals surface area contributed by atoms with Crippen molar-refractivity contribution in [3.63, 3.8) is 0 Å². The molecule has 2 saturated carbocycles. The van der Waals surface area contributed by atoms with Crippen molar-refractivity contribution in [3.8, 4) is 5.75 Å². The van der Waals surface area contributed by atoms with Crippen molar-refractivity contribution < 1.29 is 23.9 Å². The van der Waals surface area contributed by atoms with Gasteiger partial charge < -0.3 is 14.5 Å². The molecule has 1 aromatic heterocycles. The first-order chi connectivity index (χ1) is 19.4. The molecule has 7 atom stereocenters. The smallest absolute Gasteiger partial charge is 0.344 e. The van der Waals surface area contributed by atoms with E-state index in [1.54, 1.807) is 30.8 Å². The molecule has 2 aliphatic heterocycles. The molecule has 2 bridgehead atoms. The van der Waals surface area contributed by atoms with Gasteiger partial charge in [0.1, 0.15) is 5.75 Å². The fraction of sp³-hybridized carbons (Fsp3) is 0.379. The summed E-state index contributed by atoms with van der Waals surface area (Å²) in [5.74, 6) is -1.07. The molecular formula is C29H25BrN2O6S2. The van der Waals surface area contributed by atoms with Gasteiger partial charge in [0.15, 0.2) is 6.61 Å². The van der Waals surface area contributed by atoms with E-state index in [-0.39, 0.29) is 64.7 Å². The lowest BCUT2D eigenvalue weighted by Crippen LogP contribution is -2.42. The molecule has 2 amide bonds. The fourth-order valence-corrected chi connectivity index (χ4v) is 10.6. The molecule has 11 heteroatoms. The summed E-state index contributed by atoms with van der Waals surface area (Å²) in [6.07, 6.45) is 0.796. The van der Waals surface area contributed by atoms with Crippen LogP contribution in [0.15, 0.2) is 62.8 Å². The molecule has 8 nitrogen and oxygen atoms in total. The van der Waals surface area contributed by atoms with E-state index in [0.717, 1.165) is 26.4 Å². The Morgan fingerprint density at radius 2 is 1.77 bits per heavy atom. The molecule has 4 aliphatic rings. The van der Waals surface area contributed by atoms with Crippen molar-refractivity contribution >= 4 is 62.5 Å². The third-order valence-corrected chi connectivity index (χ3v) is 11.8. The number of aromatic amines is 1. The van der Waals surface area contributed by atoms with Crippen LogP contribution in [-0.4, -0.2) is 41.2 Å². The molecule has 3 heterocycles. The largest absolute Gasteiger partial charge is 0.482 e. The maximum atomic E-state index is 13.9. The molecule has 0 unspecified atom stereocenters. The summed E-state index contributed by atoms with van der Waals surface area (Å²) in [6.45, 7) is 1.79. The molecule has 40 heavy (non-hydrogen) atoms. The maximum Gasteiger partial charge on any atom is 0.344 e. The number of aromatic nitrogens is 1. The summed E-state index contributed by atoms with van der Waals surface area (Å²) in [4.78, 5) is 57.5. The van der Waals surface area contributed by atoms with Crippen molar-refractivity contribution in [3.05, 3.63) is 73.1 Å². The van der Waals surface area contributed by atoms with Gasteiger partial charge in [-0.15, -0.1) is 11.8 Å². The summed E-state index contributed by atoms with van der Waals surface area (Å²) < 4.78 is 11.9. The standard InChI is InChI=1S/C29H25BrN2O6S2/c1-2-37-19(33)12-38-18-6-4-3-5-15(18)20-21-16-11-17(24(21)39-26-25(20)40-29(36)31-26)23-22(16)27(34)32(28(23)35)14-9-7-13(30)8-10-14/h3-10,16-17,20-24H,2,11-12H2,1H3,(H,31,36)/t16-,17-,20+,21-,22+,23+,24-/m1/s1. The number of halogens is 1. The van der Waals surface area contributed by atoms with E-state index in [1.807, 2.05) is 36.4 Å². The van der Waals surface area contributed by atoms with Crippen molar-refractivity contribution in [2.24, 2.45) is 29.6 Å². The molecule has 206 valence electrons. The number of nitrogens with zero attached hydrogens (tertiary/aromatic N) is 1. The molecule has 0 radical (unpaired) electrons. The topological polar surface area (TPSA) is 106 Å². The first kappa shape index (κ1) is 26.0. The molecule has 1 N–H and O–H groups in total. The number of rotatable bonds is 6. The molecule has 2 aromatic carbocycles. The van der Waals surface area contributed by atoms with Gasteiger partial charge in [-0.3, -0.25) is 19.3 Å². The molecular weight excluding hydrogens is 616 g/mol. The average molecular weight is 642 g/mol. The van der Waals surface area contributed by atoms with Crippen molar-refractivity contribution in [1.29, 1.82) is 0 Å². The van der Waals surface area contributed by atoms with Crippen LogP contribution in [-0.2, 0) is 19.1 Å². The van der Waals surface area contributed by atoms with Gasteiger partial charge >= 0.3 is 10.8 Å². The van der Waals surface area contributed by atoms with E-state index < -0.39 is 11.9 Å². The van der Waals surface area contributed by atoms with Crippen LogP contribution in [0.5, 0.6) is 5.75 Å². The van der Waals surface area contributed by atoms with Gasteiger partial charge in [0, 0.05) is 26.1 Å². The zero-order valence-electron chi connectivity index (χ0n) is 21.4. The van der Waals surface area contributed by atoms with E-state index in [4.69, 9.17) is 9.47 Å². The number of ether oxygens (including phenoxy) is 2. The van der Waals surface area contributed by atoms with Crippen LogP contribution < -0.4 is 14.5 Å². The van der Waals surface area contributed by atoms with Gasteiger partial charge in [0.05, 0.1) is 29.2 Å². The highest BCUT2D eigenvalue weighted by Gasteiger charge is 2.69. The van der Waals surface area contributed by atoms with Gasteiger partial charge in [0.2, 0.25) is 11.8 Å². The Morgan fingerprint density at radius 3 is 2.52 bits per heavy atom. The minimum Gasteiger partial charge on any atom is -0.482 e. The first-order valence-corrected chi connectivity index (χ1v) is 15.8. The van der Waals surface area contributed by atoms with Crippen molar-refractivity contribution in [2.75, 3.05) is 18.1 Å². The van der Waals surface area contributed by atoms with Crippen LogP contribution in [0.4, 0.5) is 5.69 Å². The molecule has 1 saturated heterocycles. The number of carbonyl (C=O) groups excluding carboxylic acids is 3. The van der Waals surface area contributed by atoms with E-state index in [0.29, 0.717) is 11.4 Å². The third-order valence-electron chi connectivity index (χ3n) is 8.71. The van der Waals surface area contributed by atoms with E-state index in [1.165, 1.54) is 16.2 Å². The SMILES string of the molecule is CCOC(=O)COc1ccccc1[C@@H]1c2sc(=O)[nH]c2S[C@@H]2[C@@H]3C[C@@H]([C@@H]4C(=O)N(c5ccc(Br)cc5)C(=O)[C@@H]34)[C@H]12. The fourth-order valence-electron chi connectivity index (χ4n) is 7.42. The molecule has 7 rings (SSSR count). The quantitative estimate of drug-likeness (QED) is 0.304. The summed E-state index contributed by atoms with van der Waals surface area (Å²) in [5.41, 5.74) is 1.48. The highest BCUT2D eigenvalue weighted by molar-refractivity contribution is 9.10. The van der Waals surface area contributed by atoms with Gasteiger partial charge in [-0.25, -0.2) is 4.79 Å². The van der Waals surface area contributed by atoms with Gasteiger partial charge in [-0.1, -0.05) is 45.5 Å². The van der Waals surface area contributed by atoms with Crippen LogP contribution in [0.3, 0.4) is 0 Å². The molecule has 3 aromatic rings. The minimum atomic E-state index is -0.452. The number of imide groups is 1. The number of H-pyrrole nitrogens is 1. The Kier molecular flexibility index (Phi) is 6.43. The summed E-state index contributed by atoms with van der Waals surface area (Å²) in [5, 5.41) is 0.890. The third kappa shape index (κ3) is 3.92. The number of anilines is 1. The zero-order valence-corrected chi connectivity index (χ0v) is 24.6. The lowest BCUT2D eigenvalue weighted by molar-refractivity contribution is -0.145. The van der Waals surface area contributed by atoms with E-state index >= 15 is 0 Å². The number of hydrogen-bond acceptors (Lipinski definition) is 8. The number of fused-ring (bicyclic) bond motifs is 9. The number of nitrogens with one attached hydrogen (secondary N) is 1. The molecule has 3 fully saturated rings. The second-order valence-corrected chi connectivity index (χ2v) is 13.7. The minimum absolute atomic E-state index is 0.0159. The number of amides is 2. The van der Waals surface area contributed by atoms with E-state index in [2.05, 4.69) is 20.9 Å². The predicted octanol–water partition coefficient (Wildman–Crippen LogP) is 4.82. The van der Waals surface area contributed by atoms with Gasteiger partial charge in [-0.05, 0) is 61.4 Å². The van der Waals surface area contributed by atoms with Crippen LogP contribution >= 0.6 is 39.0 Å². The lowest BCUT2D eigenvalue weighted by atomic mass is 9.68. The highest BCUT2D eigenvalue weighted by atomic mass is 79.9.